The van der Waals surface area contributed by atoms with Crippen molar-refractivity contribution in [2.75, 3.05) is 6.54 Å². The fraction of sp³-hybridized carbons (Fsp3) is 0.583. The number of aryl methyl sites for hydroxylation is 1. The topological polar surface area (TPSA) is 80.3 Å². The summed E-state index contributed by atoms with van der Waals surface area (Å²) in [5, 5.41) is 12.5. The van der Waals surface area contributed by atoms with Crippen molar-refractivity contribution in [2.24, 2.45) is 5.73 Å². The van der Waals surface area contributed by atoms with E-state index in [0.717, 1.165) is 30.5 Å². The summed E-state index contributed by atoms with van der Waals surface area (Å²) in [5.41, 5.74) is 8.41. The van der Waals surface area contributed by atoms with Gasteiger partial charge >= 0.3 is 6.03 Å². The third-order valence-electron chi connectivity index (χ3n) is 3.33. The fourth-order valence-corrected chi connectivity index (χ4v) is 2.54. The highest BCUT2D eigenvalue weighted by molar-refractivity contribution is 5.71. The van der Waals surface area contributed by atoms with E-state index in [1.165, 1.54) is 5.69 Å². The number of carbonyl (C=O) groups excluding carboxylic acids is 1. The van der Waals surface area contributed by atoms with E-state index in [2.05, 4.69) is 9.88 Å². The zero-order valence-electron chi connectivity index (χ0n) is 10.1. The van der Waals surface area contributed by atoms with Crippen molar-refractivity contribution in [1.82, 2.24) is 9.88 Å². The van der Waals surface area contributed by atoms with Gasteiger partial charge in [-0.1, -0.05) is 0 Å². The van der Waals surface area contributed by atoms with Crippen LogP contribution >= 0.6 is 0 Å². The molecule has 2 amide bonds. The Labute approximate surface area is 101 Å². The molecular weight excluding hydrogens is 218 g/mol. The van der Waals surface area contributed by atoms with Crippen LogP contribution in [0.5, 0.6) is 0 Å². The number of aliphatic hydroxyl groups excluding tert-OH is 1. The molecule has 2 rings (SSSR count). The van der Waals surface area contributed by atoms with Crippen molar-refractivity contribution >= 4 is 6.03 Å². The average molecular weight is 237 g/mol. The van der Waals surface area contributed by atoms with Crippen molar-refractivity contribution in [2.45, 2.75) is 38.8 Å². The third-order valence-corrected chi connectivity index (χ3v) is 3.33. The number of nitrogens with zero attached hydrogens (tertiary/aromatic N) is 1. The molecule has 4 N–H and O–H groups in total. The third kappa shape index (κ3) is 2.44. The van der Waals surface area contributed by atoms with Gasteiger partial charge in [0.15, 0.2) is 0 Å². The second kappa shape index (κ2) is 4.79. The van der Waals surface area contributed by atoms with Gasteiger partial charge in [-0.3, -0.25) is 0 Å². The Morgan fingerprint density at radius 3 is 3.18 bits per heavy atom. The molecule has 1 aromatic heterocycles. The van der Waals surface area contributed by atoms with Crippen LogP contribution in [0.1, 0.15) is 35.9 Å². The van der Waals surface area contributed by atoms with Crippen molar-refractivity contribution in [3.8, 4) is 0 Å². The van der Waals surface area contributed by atoms with Crippen LogP contribution in [0.4, 0.5) is 4.79 Å². The predicted molar refractivity (Wildman–Crippen MR) is 64.7 cm³/mol. The van der Waals surface area contributed by atoms with E-state index < -0.39 is 6.03 Å². The van der Waals surface area contributed by atoms with Crippen LogP contribution in [-0.2, 0) is 13.0 Å². The number of hydrogen-bond acceptors (Lipinski definition) is 2. The van der Waals surface area contributed by atoms with E-state index >= 15 is 0 Å². The second-order valence-electron chi connectivity index (χ2n) is 4.54. The maximum atomic E-state index is 10.6. The number of aliphatic hydroxyl groups is 1. The Bertz CT molecular complexity index is 426. The minimum Gasteiger partial charge on any atom is -0.388 e. The summed E-state index contributed by atoms with van der Waals surface area (Å²) in [6, 6.07) is 1.55. The summed E-state index contributed by atoms with van der Waals surface area (Å²) in [4.78, 5) is 10.6. The van der Waals surface area contributed by atoms with Crippen LogP contribution in [0.15, 0.2) is 6.07 Å². The number of primary amides is 1. The zero-order valence-corrected chi connectivity index (χ0v) is 10.1. The standard InChI is InChI=1S/C12H19N3O2/c1-8-7-9-10(3-2-4-11(9)16)15(8)6-5-14-12(13)17/h7,11,16H,2-6H2,1H3,(H3,13,14,17). The van der Waals surface area contributed by atoms with E-state index in [-0.39, 0.29) is 6.10 Å². The van der Waals surface area contributed by atoms with Gasteiger partial charge in [0.1, 0.15) is 0 Å². The first-order valence-corrected chi connectivity index (χ1v) is 6.00. The molecule has 17 heavy (non-hydrogen) atoms. The summed E-state index contributed by atoms with van der Waals surface area (Å²) in [7, 11) is 0. The van der Waals surface area contributed by atoms with Gasteiger partial charge < -0.3 is 20.7 Å². The number of aromatic nitrogens is 1. The highest BCUT2D eigenvalue weighted by Crippen LogP contribution is 2.31. The van der Waals surface area contributed by atoms with Gasteiger partial charge in [0, 0.05) is 30.0 Å². The van der Waals surface area contributed by atoms with Gasteiger partial charge in [0.2, 0.25) is 0 Å². The van der Waals surface area contributed by atoms with E-state index in [1.54, 1.807) is 0 Å². The number of nitrogens with two attached hydrogens (primary N) is 1. The minimum atomic E-state index is -0.497. The van der Waals surface area contributed by atoms with Crippen LogP contribution < -0.4 is 11.1 Å². The lowest BCUT2D eigenvalue weighted by Gasteiger charge is -2.20. The van der Waals surface area contributed by atoms with Crippen molar-refractivity contribution < 1.29 is 9.90 Å². The second-order valence-corrected chi connectivity index (χ2v) is 4.54. The van der Waals surface area contributed by atoms with Crippen LogP contribution in [0, 0.1) is 6.92 Å². The Hall–Kier alpha value is -1.49. The molecule has 1 heterocycles. The number of urea groups is 1. The quantitative estimate of drug-likeness (QED) is 0.728. The maximum Gasteiger partial charge on any atom is 0.312 e. The summed E-state index contributed by atoms with van der Waals surface area (Å²) < 4.78 is 2.16. The smallest absolute Gasteiger partial charge is 0.312 e. The molecule has 5 heteroatoms. The molecule has 1 aliphatic carbocycles. The lowest BCUT2D eigenvalue weighted by atomic mass is 9.95. The van der Waals surface area contributed by atoms with Crippen LogP contribution in [0.25, 0.3) is 0 Å². The average Bonchev–Trinajstić information content (AvgIpc) is 2.57. The van der Waals surface area contributed by atoms with E-state index in [9.17, 15) is 9.90 Å². The number of fused-ring (bicyclic) bond motifs is 1. The van der Waals surface area contributed by atoms with Gasteiger partial charge in [-0.2, -0.15) is 0 Å². The Balaban J connectivity index is 2.14. The molecule has 0 aromatic carbocycles. The predicted octanol–water partition coefficient (Wildman–Crippen LogP) is 0.835. The molecule has 1 aliphatic rings. The van der Waals surface area contributed by atoms with E-state index in [4.69, 9.17) is 5.73 Å². The molecule has 1 unspecified atom stereocenters. The van der Waals surface area contributed by atoms with E-state index in [0.29, 0.717) is 13.1 Å². The molecule has 0 fully saturated rings. The molecule has 0 saturated heterocycles. The molecule has 5 nitrogen and oxygen atoms in total. The largest absolute Gasteiger partial charge is 0.388 e. The SMILES string of the molecule is Cc1cc2c(n1CCNC(N)=O)CCCC2O. The van der Waals surface area contributed by atoms with E-state index in [1.807, 2.05) is 13.0 Å². The number of nitrogens with one attached hydrogen (secondary N) is 1. The van der Waals surface area contributed by atoms with Crippen LogP contribution in [0.2, 0.25) is 0 Å². The fourth-order valence-electron chi connectivity index (χ4n) is 2.54. The molecule has 0 spiro atoms. The highest BCUT2D eigenvalue weighted by Gasteiger charge is 2.22. The summed E-state index contributed by atoms with van der Waals surface area (Å²) in [5.74, 6) is 0. The minimum absolute atomic E-state index is 0.331. The lowest BCUT2D eigenvalue weighted by Crippen LogP contribution is -2.32. The van der Waals surface area contributed by atoms with Gasteiger partial charge in [-0.15, -0.1) is 0 Å². The van der Waals surface area contributed by atoms with Gasteiger partial charge in [-0.05, 0) is 32.3 Å². The van der Waals surface area contributed by atoms with Crippen molar-refractivity contribution in [1.29, 1.82) is 0 Å². The Morgan fingerprint density at radius 2 is 2.47 bits per heavy atom. The van der Waals surface area contributed by atoms with Crippen LogP contribution in [0.3, 0.4) is 0 Å². The number of hydrogen-bond donors (Lipinski definition) is 3. The zero-order chi connectivity index (χ0) is 12.4. The Kier molecular flexibility index (Phi) is 3.38. The molecular formula is C12H19N3O2. The van der Waals surface area contributed by atoms with Crippen molar-refractivity contribution in [3.05, 3.63) is 23.0 Å². The van der Waals surface area contributed by atoms with Gasteiger partial charge in [0.25, 0.3) is 0 Å². The van der Waals surface area contributed by atoms with Crippen LogP contribution in [-0.4, -0.2) is 22.2 Å². The molecule has 1 aromatic rings. The number of amides is 2. The normalized spacial score (nSPS) is 18.8. The van der Waals surface area contributed by atoms with Crippen molar-refractivity contribution in [3.63, 3.8) is 0 Å². The lowest BCUT2D eigenvalue weighted by molar-refractivity contribution is 0.155. The summed E-state index contributed by atoms with van der Waals surface area (Å²) >= 11 is 0. The molecule has 0 aliphatic heterocycles. The monoisotopic (exact) mass is 237 g/mol. The number of rotatable bonds is 3. The molecule has 1 atom stereocenters. The summed E-state index contributed by atoms with van der Waals surface area (Å²) in [6.45, 7) is 3.25. The first-order chi connectivity index (χ1) is 8.09. The Morgan fingerprint density at radius 1 is 1.71 bits per heavy atom. The highest BCUT2D eigenvalue weighted by atomic mass is 16.3. The molecule has 0 saturated carbocycles. The molecule has 0 radical (unpaired) electrons. The first kappa shape index (κ1) is 12.0. The summed E-state index contributed by atoms with van der Waals surface area (Å²) in [6.07, 6.45) is 2.52. The first-order valence-electron chi connectivity index (χ1n) is 6.00. The van der Waals surface area contributed by atoms with Gasteiger partial charge in [-0.25, -0.2) is 4.79 Å². The maximum absolute atomic E-state index is 10.6. The molecule has 0 bridgehead atoms. The number of carbonyl (C=O) groups is 1. The molecule has 94 valence electrons. The van der Waals surface area contributed by atoms with Gasteiger partial charge in [0.05, 0.1) is 6.10 Å².